The lowest BCUT2D eigenvalue weighted by atomic mass is 9.97. The molecule has 4 aromatic rings. The molecular weight excluding hydrogens is 582 g/mol. The van der Waals surface area contributed by atoms with Gasteiger partial charge in [-0.15, -0.1) is 0 Å². The first-order valence-corrected chi connectivity index (χ1v) is 12.6. The Morgan fingerprint density at radius 2 is 1.12 bits per heavy atom. The minimum absolute atomic E-state index is 0.00508. The Kier molecular flexibility index (Phi) is 6.52. The van der Waals surface area contributed by atoms with Gasteiger partial charge in [0.15, 0.2) is 11.6 Å². The van der Waals surface area contributed by atoms with E-state index in [4.69, 9.17) is 14.2 Å². The van der Waals surface area contributed by atoms with Crippen LogP contribution in [0.2, 0.25) is 0 Å². The summed E-state index contributed by atoms with van der Waals surface area (Å²) in [6.07, 6.45) is -10.7. The van der Waals surface area contributed by atoms with Crippen LogP contribution >= 0.6 is 0 Å². The maximum Gasteiger partial charge on any atom is 0.416 e. The fraction of sp³-hybridized carbons (Fsp3) is 0.129. The number of alkyl halides is 6. The van der Waals surface area contributed by atoms with Crippen LogP contribution in [0.1, 0.15) is 54.2 Å². The van der Waals surface area contributed by atoms with E-state index >= 15 is 0 Å². The van der Waals surface area contributed by atoms with Crippen LogP contribution < -0.4 is 9.47 Å². The van der Waals surface area contributed by atoms with E-state index < -0.39 is 53.0 Å². The summed E-state index contributed by atoms with van der Waals surface area (Å²) in [7, 11) is 0. The third-order valence-corrected chi connectivity index (χ3v) is 6.93. The predicted octanol–water partition coefficient (Wildman–Crippen LogP) is 8.42. The zero-order valence-corrected chi connectivity index (χ0v) is 21.6. The molecule has 0 saturated carbocycles. The van der Waals surface area contributed by atoms with Crippen molar-refractivity contribution >= 4 is 17.5 Å². The third kappa shape index (κ3) is 5.09. The second kappa shape index (κ2) is 10.0. The van der Waals surface area contributed by atoms with Gasteiger partial charge in [-0.3, -0.25) is 9.59 Å². The van der Waals surface area contributed by atoms with E-state index in [2.05, 4.69) is 0 Å². The number of hydrogen-bond donors (Lipinski definition) is 0. The lowest BCUT2D eigenvalue weighted by Crippen LogP contribution is -2.11. The zero-order chi connectivity index (χ0) is 30.7. The lowest BCUT2D eigenvalue weighted by Gasteiger charge is -2.20. The second-order valence-electron chi connectivity index (χ2n) is 9.69. The van der Waals surface area contributed by atoms with Crippen molar-refractivity contribution in [3.8, 4) is 34.1 Å². The van der Waals surface area contributed by atoms with Gasteiger partial charge in [0.2, 0.25) is 0 Å². The number of hydrogen-bond acceptors (Lipinski definition) is 6. The maximum absolute atomic E-state index is 13.8. The Morgan fingerprint density at radius 1 is 0.605 bits per heavy atom. The molecule has 0 radical (unpaired) electrons. The molecule has 0 unspecified atom stereocenters. The number of halogens is 6. The van der Waals surface area contributed by atoms with Crippen molar-refractivity contribution in [2.75, 3.05) is 0 Å². The molecule has 0 bridgehead atoms. The van der Waals surface area contributed by atoms with E-state index in [0.717, 1.165) is 0 Å². The van der Waals surface area contributed by atoms with Gasteiger partial charge in [-0.1, -0.05) is 24.3 Å². The molecule has 0 saturated heterocycles. The first-order valence-electron chi connectivity index (χ1n) is 12.6. The molecule has 2 aliphatic rings. The van der Waals surface area contributed by atoms with Crippen molar-refractivity contribution in [3.63, 3.8) is 0 Å². The normalized spacial score (nSPS) is 14.4. The number of carbonyl (C=O) groups excluding carboxylic acids is 3. The molecule has 0 fully saturated rings. The molecule has 0 atom stereocenters. The Balaban J connectivity index is 1.57. The van der Waals surface area contributed by atoms with Gasteiger partial charge in [-0.2, -0.15) is 26.3 Å². The maximum atomic E-state index is 13.8. The first kappa shape index (κ1) is 28.0. The van der Waals surface area contributed by atoms with Gasteiger partial charge in [0.1, 0.15) is 29.6 Å². The molecule has 1 heterocycles. The number of cyclic esters (lactones) is 1. The molecule has 218 valence electrons. The van der Waals surface area contributed by atoms with Crippen molar-refractivity contribution in [1.82, 2.24) is 0 Å². The molecule has 43 heavy (non-hydrogen) atoms. The molecule has 12 heteroatoms. The van der Waals surface area contributed by atoms with E-state index in [0.29, 0.717) is 17.7 Å². The van der Waals surface area contributed by atoms with Crippen LogP contribution in [0.15, 0.2) is 72.8 Å². The van der Waals surface area contributed by atoms with E-state index in [9.17, 15) is 40.7 Å². The summed E-state index contributed by atoms with van der Waals surface area (Å²) in [5.74, 6) is -2.14. The van der Waals surface area contributed by atoms with Crippen molar-refractivity contribution in [3.05, 3.63) is 106 Å². The number of ether oxygens (including phenoxy) is 3. The van der Waals surface area contributed by atoms with E-state index in [-0.39, 0.29) is 57.9 Å². The number of esters is 1. The van der Waals surface area contributed by atoms with E-state index in [1.807, 2.05) is 0 Å². The number of fused-ring (bicyclic) bond motifs is 2. The van der Waals surface area contributed by atoms with Crippen LogP contribution in [0.3, 0.4) is 0 Å². The highest BCUT2D eigenvalue weighted by Crippen LogP contribution is 2.47. The molecule has 0 spiro atoms. The molecule has 4 aromatic carbocycles. The zero-order valence-electron chi connectivity index (χ0n) is 21.6. The Hall–Kier alpha value is -5.13. The molecule has 6 nitrogen and oxygen atoms in total. The van der Waals surface area contributed by atoms with Crippen LogP contribution in [-0.4, -0.2) is 17.5 Å². The topological polar surface area (TPSA) is 78.9 Å². The monoisotopic (exact) mass is 598 g/mol. The van der Waals surface area contributed by atoms with E-state index in [1.54, 1.807) is 0 Å². The number of carbonyl (C=O) groups is 3. The average molecular weight is 598 g/mol. The summed E-state index contributed by atoms with van der Waals surface area (Å²) in [5, 5.41) is 0. The fourth-order valence-electron chi connectivity index (χ4n) is 4.98. The number of Topliss-reactive ketones (excluding diaryl/α,β-unsaturated/α-hetero) is 2. The molecule has 6 rings (SSSR count). The smallest absolute Gasteiger partial charge is 0.416 e. The summed E-state index contributed by atoms with van der Waals surface area (Å²) in [6.45, 7) is -0.163. The van der Waals surface area contributed by atoms with Crippen molar-refractivity contribution in [2.24, 2.45) is 0 Å². The van der Waals surface area contributed by atoms with Crippen LogP contribution in [0.25, 0.3) is 11.1 Å². The highest BCUT2D eigenvalue weighted by molar-refractivity contribution is 6.25. The Morgan fingerprint density at radius 3 is 1.72 bits per heavy atom. The largest absolute Gasteiger partial charge is 0.457 e. The van der Waals surface area contributed by atoms with Crippen molar-refractivity contribution in [2.45, 2.75) is 25.4 Å². The fourth-order valence-corrected chi connectivity index (χ4v) is 4.98. The van der Waals surface area contributed by atoms with Gasteiger partial charge in [-0.25, -0.2) is 4.79 Å². The van der Waals surface area contributed by atoms with Crippen molar-refractivity contribution < 1.29 is 54.9 Å². The highest BCUT2D eigenvalue weighted by Gasteiger charge is 2.38. The highest BCUT2D eigenvalue weighted by atomic mass is 19.4. The quantitative estimate of drug-likeness (QED) is 0.130. The minimum Gasteiger partial charge on any atom is -0.457 e. The summed E-state index contributed by atoms with van der Waals surface area (Å²) in [5.41, 5.74) is -3.46. The average Bonchev–Trinajstić information content (AvgIpc) is 3.47. The molecule has 1 aliphatic heterocycles. The molecule has 0 amide bonds. The first-order chi connectivity index (χ1) is 20.3. The minimum atomic E-state index is -5.14. The third-order valence-electron chi connectivity index (χ3n) is 6.93. The second-order valence-corrected chi connectivity index (χ2v) is 9.69. The summed E-state index contributed by atoms with van der Waals surface area (Å²) in [4.78, 5) is 36.9. The van der Waals surface area contributed by atoms with Crippen LogP contribution in [0.4, 0.5) is 26.3 Å². The van der Waals surface area contributed by atoms with E-state index in [1.165, 1.54) is 54.6 Å². The lowest BCUT2D eigenvalue weighted by molar-refractivity contribution is -0.143. The summed E-state index contributed by atoms with van der Waals surface area (Å²) in [6, 6.07) is 13.6. The number of benzene rings is 4. The predicted molar refractivity (Wildman–Crippen MR) is 137 cm³/mol. The van der Waals surface area contributed by atoms with Gasteiger partial charge in [0, 0.05) is 11.1 Å². The Bertz CT molecular complexity index is 1810. The Labute approximate surface area is 238 Å². The molecule has 1 aliphatic carbocycles. The number of ketones is 2. The van der Waals surface area contributed by atoms with Crippen LogP contribution in [-0.2, 0) is 23.7 Å². The molecule has 0 aromatic heterocycles. The van der Waals surface area contributed by atoms with Gasteiger partial charge in [0.05, 0.1) is 34.2 Å². The van der Waals surface area contributed by atoms with Gasteiger partial charge in [-0.05, 0) is 54.1 Å². The summed E-state index contributed by atoms with van der Waals surface area (Å²) < 4.78 is 99.9. The van der Waals surface area contributed by atoms with Crippen molar-refractivity contribution in [1.29, 1.82) is 0 Å². The molecular formula is C31H16F6O6. The van der Waals surface area contributed by atoms with Gasteiger partial charge < -0.3 is 14.2 Å². The standard InChI is InChI=1S/C31H16F6O6/c32-30(33,34)16-10-15(11-17(12-16)31(35,36)37)27-24(42-23-6-1-4-18-20(23)14-41-29(18)40)8-3-9-25(27)43-26-7-2-5-19-21(38)13-22(39)28(19)26/h1-12H,13-14H2. The van der Waals surface area contributed by atoms with Gasteiger partial charge in [0.25, 0.3) is 0 Å². The van der Waals surface area contributed by atoms with Crippen LogP contribution in [0.5, 0.6) is 23.0 Å². The summed E-state index contributed by atoms with van der Waals surface area (Å²) >= 11 is 0. The van der Waals surface area contributed by atoms with Gasteiger partial charge >= 0.3 is 18.3 Å². The molecule has 0 N–H and O–H groups in total. The number of rotatable bonds is 5. The SMILES string of the molecule is O=C1OCc2c(Oc3cccc(Oc4cccc5c4C(=O)CC5=O)c3-c3cc(C(F)(F)F)cc(C(F)(F)F)c3)cccc21. The van der Waals surface area contributed by atoms with Crippen LogP contribution in [0, 0.1) is 0 Å².